The van der Waals surface area contributed by atoms with Gasteiger partial charge in [-0.2, -0.15) is 0 Å². The van der Waals surface area contributed by atoms with E-state index in [1.807, 2.05) is 0 Å². The first-order chi connectivity index (χ1) is 8.34. The molecule has 0 aliphatic rings. The minimum absolute atomic E-state index is 0.100. The van der Waals surface area contributed by atoms with Crippen molar-refractivity contribution < 1.29 is 4.79 Å². The number of amides is 1. The van der Waals surface area contributed by atoms with Crippen LogP contribution in [0.3, 0.4) is 0 Å². The maximum Gasteiger partial charge on any atom is 0.241 e. The average Bonchev–Trinajstić information content (AvgIpc) is 2.96. The molecule has 8 nitrogen and oxygen atoms in total. The van der Waals surface area contributed by atoms with Gasteiger partial charge in [-0.3, -0.25) is 4.79 Å². The molecule has 17 heavy (non-hydrogen) atoms. The lowest BCUT2D eigenvalue weighted by molar-refractivity contribution is -0.121. The SMILES string of the molecule is O=C(Cn1cnnn1)NCCCc1ncc[nH]1. The van der Waals surface area contributed by atoms with Crippen molar-refractivity contribution in [3.63, 3.8) is 0 Å². The Morgan fingerprint density at radius 1 is 1.53 bits per heavy atom. The molecule has 0 atom stereocenters. The van der Waals surface area contributed by atoms with Gasteiger partial charge in [0.15, 0.2) is 0 Å². The van der Waals surface area contributed by atoms with Crippen LogP contribution in [0.15, 0.2) is 18.7 Å². The Kier molecular flexibility index (Phi) is 3.79. The van der Waals surface area contributed by atoms with Crippen molar-refractivity contribution in [3.05, 3.63) is 24.5 Å². The summed E-state index contributed by atoms with van der Waals surface area (Å²) in [7, 11) is 0. The molecule has 0 saturated heterocycles. The lowest BCUT2D eigenvalue weighted by atomic mass is 10.3. The van der Waals surface area contributed by atoms with Gasteiger partial charge >= 0.3 is 0 Å². The lowest BCUT2D eigenvalue weighted by Gasteiger charge is -2.03. The van der Waals surface area contributed by atoms with Gasteiger partial charge in [0, 0.05) is 25.4 Å². The molecule has 2 aromatic rings. The van der Waals surface area contributed by atoms with Crippen molar-refractivity contribution in [1.29, 1.82) is 0 Å². The number of carbonyl (C=O) groups is 1. The molecule has 2 aromatic heterocycles. The van der Waals surface area contributed by atoms with E-state index in [0.29, 0.717) is 6.54 Å². The predicted octanol–water partition coefficient (Wildman–Crippen LogP) is -0.855. The van der Waals surface area contributed by atoms with E-state index in [9.17, 15) is 4.79 Å². The maximum atomic E-state index is 11.4. The highest BCUT2D eigenvalue weighted by Gasteiger charge is 2.03. The molecule has 0 saturated carbocycles. The lowest BCUT2D eigenvalue weighted by Crippen LogP contribution is -2.28. The van der Waals surface area contributed by atoms with E-state index in [-0.39, 0.29) is 12.5 Å². The summed E-state index contributed by atoms with van der Waals surface area (Å²) in [6.45, 7) is 0.759. The number of aromatic nitrogens is 6. The van der Waals surface area contributed by atoms with Crippen LogP contribution in [0.2, 0.25) is 0 Å². The number of nitrogens with zero attached hydrogens (tertiary/aromatic N) is 5. The van der Waals surface area contributed by atoms with E-state index in [0.717, 1.165) is 18.7 Å². The first kappa shape index (κ1) is 11.2. The molecule has 2 heterocycles. The quantitative estimate of drug-likeness (QED) is 0.635. The third kappa shape index (κ3) is 3.67. The Bertz CT molecular complexity index is 436. The van der Waals surface area contributed by atoms with E-state index < -0.39 is 0 Å². The van der Waals surface area contributed by atoms with Gasteiger partial charge in [0.1, 0.15) is 18.7 Å². The van der Waals surface area contributed by atoms with Crippen LogP contribution < -0.4 is 5.32 Å². The second-order valence-electron chi connectivity index (χ2n) is 3.50. The second kappa shape index (κ2) is 5.73. The van der Waals surface area contributed by atoms with Crippen LogP contribution in [-0.2, 0) is 17.8 Å². The van der Waals surface area contributed by atoms with Gasteiger partial charge in [0.25, 0.3) is 0 Å². The highest BCUT2D eigenvalue weighted by atomic mass is 16.2. The molecule has 2 N–H and O–H groups in total. The highest BCUT2D eigenvalue weighted by molar-refractivity contribution is 5.75. The van der Waals surface area contributed by atoms with Crippen molar-refractivity contribution in [3.8, 4) is 0 Å². The fraction of sp³-hybridized carbons (Fsp3) is 0.444. The number of aryl methyl sites for hydroxylation is 1. The topological polar surface area (TPSA) is 101 Å². The van der Waals surface area contributed by atoms with E-state index in [1.54, 1.807) is 12.4 Å². The summed E-state index contributed by atoms with van der Waals surface area (Å²) >= 11 is 0. The largest absolute Gasteiger partial charge is 0.354 e. The van der Waals surface area contributed by atoms with E-state index >= 15 is 0 Å². The van der Waals surface area contributed by atoms with Crippen molar-refractivity contribution in [2.45, 2.75) is 19.4 Å². The summed E-state index contributed by atoms with van der Waals surface area (Å²) in [6.07, 6.45) is 6.56. The summed E-state index contributed by atoms with van der Waals surface area (Å²) in [5, 5.41) is 13.3. The monoisotopic (exact) mass is 235 g/mol. The molecule has 90 valence electrons. The molecule has 2 rings (SSSR count). The number of rotatable bonds is 6. The van der Waals surface area contributed by atoms with Crippen LogP contribution in [-0.4, -0.2) is 42.6 Å². The molecule has 0 aromatic carbocycles. The summed E-state index contributed by atoms with van der Waals surface area (Å²) in [6, 6.07) is 0. The zero-order valence-electron chi connectivity index (χ0n) is 9.20. The number of tetrazole rings is 1. The summed E-state index contributed by atoms with van der Waals surface area (Å²) in [5.41, 5.74) is 0. The fourth-order valence-corrected chi connectivity index (χ4v) is 1.37. The van der Waals surface area contributed by atoms with Gasteiger partial charge in [-0.1, -0.05) is 0 Å². The summed E-state index contributed by atoms with van der Waals surface area (Å²) in [5.74, 6) is 0.830. The molecule has 0 aliphatic carbocycles. The molecule has 1 amide bonds. The van der Waals surface area contributed by atoms with Crippen LogP contribution >= 0.6 is 0 Å². The number of hydrogen-bond donors (Lipinski definition) is 2. The number of imidazole rings is 1. The van der Waals surface area contributed by atoms with Crippen molar-refractivity contribution in [2.24, 2.45) is 0 Å². The van der Waals surface area contributed by atoms with Crippen LogP contribution in [0, 0.1) is 0 Å². The number of H-pyrrole nitrogens is 1. The van der Waals surface area contributed by atoms with E-state index in [2.05, 4.69) is 30.8 Å². The molecule has 0 bridgehead atoms. The minimum Gasteiger partial charge on any atom is -0.354 e. The Morgan fingerprint density at radius 3 is 3.18 bits per heavy atom. The first-order valence-electron chi connectivity index (χ1n) is 5.30. The second-order valence-corrected chi connectivity index (χ2v) is 3.50. The Morgan fingerprint density at radius 2 is 2.47 bits per heavy atom. The predicted molar refractivity (Wildman–Crippen MR) is 57.7 cm³/mol. The highest BCUT2D eigenvalue weighted by Crippen LogP contribution is 1.93. The van der Waals surface area contributed by atoms with Crippen LogP contribution in [0.25, 0.3) is 0 Å². The standard InChI is InChI=1S/C9H13N7O/c17-9(6-16-7-13-14-15-16)12-3-1-2-8-10-4-5-11-8/h4-5,7H,1-3,6H2,(H,10,11)(H,12,17). The molecule has 8 heteroatoms. The Labute approximate surface area is 97.4 Å². The van der Waals surface area contributed by atoms with Crippen LogP contribution in [0.1, 0.15) is 12.2 Å². The Hall–Kier alpha value is -2.25. The van der Waals surface area contributed by atoms with Crippen molar-refractivity contribution in [2.75, 3.05) is 6.54 Å². The molecule has 0 aliphatic heterocycles. The third-order valence-corrected chi connectivity index (χ3v) is 2.16. The fourth-order valence-electron chi connectivity index (χ4n) is 1.37. The molecule has 0 unspecified atom stereocenters. The van der Waals surface area contributed by atoms with Gasteiger partial charge in [0.05, 0.1) is 0 Å². The smallest absolute Gasteiger partial charge is 0.241 e. The van der Waals surface area contributed by atoms with Gasteiger partial charge in [-0.15, -0.1) is 5.10 Å². The molecule has 0 spiro atoms. The van der Waals surface area contributed by atoms with Crippen LogP contribution in [0.4, 0.5) is 0 Å². The summed E-state index contributed by atoms with van der Waals surface area (Å²) < 4.78 is 1.38. The van der Waals surface area contributed by atoms with Crippen molar-refractivity contribution >= 4 is 5.91 Å². The Balaban J connectivity index is 1.60. The molecule has 0 radical (unpaired) electrons. The number of hydrogen-bond acceptors (Lipinski definition) is 5. The maximum absolute atomic E-state index is 11.4. The van der Waals surface area contributed by atoms with Gasteiger partial charge < -0.3 is 10.3 Å². The van der Waals surface area contributed by atoms with Gasteiger partial charge in [0.2, 0.25) is 5.91 Å². The minimum atomic E-state index is -0.100. The first-order valence-corrected chi connectivity index (χ1v) is 5.30. The third-order valence-electron chi connectivity index (χ3n) is 2.16. The van der Waals surface area contributed by atoms with Gasteiger partial charge in [-0.25, -0.2) is 9.67 Å². The zero-order chi connectivity index (χ0) is 11.9. The van der Waals surface area contributed by atoms with Crippen molar-refractivity contribution in [1.82, 2.24) is 35.5 Å². The number of carbonyl (C=O) groups excluding carboxylic acids is 1. The average molecular weight is 235 g/mol. The molecular weight excluding hydrogens is 222 g/mol. The molecule has 0 fully saturated rings. The normalized spacial score (nSPS) is 10.4. The van der Waals surface area contributed by atoms with E-state index in [1.165, 1.54) is 11.0 Å². The van der Waals surface area contributed by atoms with E-state index in [4.69, 9.17) is 0 Å². The zero-order valence-corrected chi connectivity index (χ0v) is 9.20. The number of aromatic amines is 1. The molecular formula is C9H13N7O. The summed E-state index contributed by atoms with van der Waals surface area (Å²) in [4.78, 5) is 18.5. The van der Waals surface area contributed by atoms with Gasteiger partial charge in [-0.05, 0) is 16.8 Å². The van der Waals surface area contributed by atoms with Crippen LogP contribution in [0.5, 0.6) is 0 Å². The number of nitrogens with one attached hydrogen (secondary N) is 2.